The summed E-state index contributed by atoms with van der Waals surface area (Å²) in [5.41, 5.74) is 6.06. The minimum absolute atomic E-state index is 0.316. The van der Waals surface area contributed by atoms with Crippen LogP contribution in [0.4, 0.5) is 0 Å². The van der Waals surface area contributed by atoms with Crippen molar-refractivity contribution in [2.24, 2.45) is 11.1 Å². The third-order valence-electron chi connectivity index (χ3n) is 3.81. The van der Waals surface area contributed by atoms with Crippen molar-refractivity contribution in [1.82, 2.24) is 4.90 Å². The second-order valence-corrected chi connectivity index (χ2v) is 6.03. The van der Waals surface area contributed by atoms with Gasteiger partial charge in [0, 0.05) is 13.1 Å². The van der Waals surface area contributed by atoms with Gasteiger partial charge in [-0.25, -0.2) is 0 Å². The normalized spacial score (nSPS) is 22.9. The molecule has 0 aromatic rings. The van der Waals surface area contributed by atoms with Gasteiger partial charge in [0.2, 0.25) is 0 Å². The summed E-state index contributed by atoms with van der Waals surface area (Å²) in [6.45, 7) is 11.9. The van der Waals surface area contributed by atoms with Crippen LogP contribution < -0.4 is 5.73 Å². The molecular weight excluding hydrogens is 212 g/mol. The molecule has 1 saturated heterocycles. The molecule has 0 aromatic heterocycles. The Bertz CT molecular complexity index is 206. The largest absolute Gasteiger partial charge is 0.376 e. The van der Waals surface area contributed by atoms with E-state index < -0.39 is 0 Å². The maximum absolute atomic E-state index is 5.74. The van der Waals surface area contributed by atoms with Crippen molar-refractivity contribution in [3.05, 3.63) is 0 Å². The van der Waals surface area contributed by atoms with Crippen LogP contribution in [0, 0.1) is 5.41 Å². The van der Waals surface area contributed by atoms with Crippen molar-refractivity contribution in [2.45, 2.75) is 52.6 Å². The Labute approximate surface area is 107 Å². The molecule has 3 nitrogen and oxygen atoms in total. The molecule has 0 amide bonds. The van der Waals surface area contributed by atoms with E-state index in [9.17, 15) is 0 Å². The summed E-state index contributed by atoms with van der Waals surface area (Å²) < 4.78 is 5.68. The van der Waals surface area contributed by atoms with E-state index in [0.29, 0.717) is 11.5 Å². The van der Waals surface area contributed by atoms with Crippen LogP contribution in [-0.4, -0.2) is 43.8 Å². The Morgan fingerprint density at radius 2 is 2.12 bits per heavy atom. The predicted molar refractivity (Wildman–Crippen MR) is 73.2 cm³/mol. The van der Waals surface area contributed by atoms with Crippen molar-refractivity contribution < 1.29 is 4.74 Å². The monoisotopic (exact) mass is 242 g/mol. The molecule has 0 aliphatic carbocycles. The van der Waals surface area contributed by atoms with Crippen LogP contribution >= 0.6 is 0 Å². The van der Waals surface area contributed by atoms with Gasteiger partial charge in [-0.2, -0.15) is 0 Å². The van der Waals surface area contributed by atoms with E-state index in [4.69, 9.17) is 10.5 Å². The lowest BCUT2D eigenvalue weighted by Gasteiger charge is -2.32. The van der Waals surface area contributed by atoms with Crippen LogP contribution in [0.25, 0.3) is 0 Å². The lowest BCUT2D eigenvalue weighted by Crippen LogP contribution is -2.42. The molecule has 17 heavy (non-hydrogen) atoms. The molecule has 0 saturated carbocycles. The summed E-state index contributed by atoms with van der Waals surface area (Å²) >= 11 is 0. The molecule has 1 aliphatic rings. The molecule has 1 rings (SSSR count). The summed E-state index contributed by atoms with van der Waals surface area (Å²) in [5.74, 6) is 0. The summed E-state index contributed by atoms with van der Waals surface area (Å²) in [5, 5.41) is 0. The SMILES string of the molecule is CCC1CN(CCCCC(C)(C)CN)CCO1. The number of unbranched alkanes of at least 4 members (excludes halogenated alkanes) is 1. The first-order valence-electron chi connectivity index (χ1n) is 7.11. The maximum atomic E-state index is 5.74. The van der Waals surface area contributed by atoms with Gasteiger partial charge in [-0.05, 0) is 37.8 Å². The van der Waals surface area contributed by atoms with Crippen molar-refractivity contribution in [3.8, 4) is 0 Å². The quantitative estimate of drug-likeness (QED) is 0.696. The minimum atomic E-state index is 0.316. The van der Waals surface area contributed by atoms with E-state index in [2.05, 4.69) is 25.7 Å². The van der Waals surface area contributed by atoms with E-state index in [0.717, 1.165) is 32.7 Å². The smallest absolute Gasteiger partial charge is 0.0700 e. The van der Waals surface area contributed by atoms with E-state index in [1.165, 1.54) is 25.8 Å². The highest BCUT2D eigenvalue weighted by Crippen LogP contribution is 2.21. The van der Waals surface area contributed by atoms with E-state index >= 15 is 0 Å². The molecule has 1 fully saturated rings. The van der Waals surface area contributed by atoms with Crippen molar-refractivity contribution >= 4 is 0 Å². The average Bonchev–Trinajstić information content (AvgIpc) is 2.35. The topological polar surface area (TPSA) is 38.5 Å². The molecule has 1 heterocycles. The van der Waals surface area contributed by atoms with E-state index in [-0.39, 0.29) is 0 Å². The minimum Gasteiger partial charge on any atom is -0.376 e. The molecule has 1 aliphatic heterocycles. The Balaban J connectivity index is 2.10. The third kappa shape index (κ3) is 5.84. The van der Waals surface area contributed by atoms with E-state index in [1.54, 1.807) is 0 Å². The lowest BCUT2D eigenvalue weighted by atomic mass is 9.87. The number of rotatable bonds is 7. The molecule has 0 spiro atoms. The molecule has 0 radical (unpaired) electrons. The molecule has 1 atom stereocenters. The second kappa shape index (κ2) is 7.34. The molecule has 1 unspecified atom stereocenters. The fourth-order valence-electron chi connectivity index (χ4n) is 2.27. The van der Waals surface area contributed by atoms with Gasteiger partial charge in [0.15, 0.2) is 0 Å². The Morgan fingerprint density at radius 1 is 1.35 bits per heavy atom. The number of morpholine rings is 1. The van der Waals surface area contributed by atoms with Crippen molar-refractivity contribution in [2.75, 3.05) is 32.8 Å². The van der Waals surface area contributed by atoms with E-state index in [1.807, 2.05) is 0 Å². The molecule has 2 N–H and O–H groups in total. The van der Waals surface area contributed by atoms with Gasteiger partial charge in [-0.1, -0.05) is 27.2 Å². The first-order valence-corrected chi connectivity index (χ1v) is 7.11. The molecule has 0 aromatic carbocycles. The molecule has 0 bridgehead atoms. The fourth-order valence-corrected chi connectivity index (χ4v) is 2.27. The van der Waals surface area contributed by atoms with Crippen LogP contribution in [0.1, 0.15) is 46.5 Å². The zero-order chi connectivity index (χ0) is 12.7. The van der Waals surface area contributed by atoms with Crippen LogP contribution in [0.3, 0.4) is 0 Å². The van der Waals surface area contributed by atoms with Gasteiger partial charge >= 0.3 is 0 Å². The van der Waals surface area contributed by atoms with Crippen molar-refractivity contribution in [1.29, 1.82) is 0 Å². The van der Waals surface area contributed by atoms with Gasteiger partial charge in [0.05, 0.1) is 12.7 Å². The Morgan fingerprint density at radius 3 is 2.76 bits per heavy atom. The maximum Gasteiger partial charge on any atom is 0.0700 e. The molecular formula is C14H30N2O. The number of hydrogen-bond donors (Lipinski definition) is 1. The van der Waals surface area contributed by atoms with Gasteiger partial charge < -0.3 is 10.5 Å². The number of nitrogens with zero attached hydrogens (tertiary/aromatic N) is 1. The van der Waals surface area contributed by atoms with Crippen molar-refractivity contribution in [3.63, 3.8) is 0 Å². The highest BCUT2D eigenvalue weighted by molar-refractivity contribution is 4.72. The van der Waals surface area contributed by atoms with Crippen LogP contribution in [0.2, 0.25) is 0 Å². The second-order valence-electron chi connectivity index (χ2n) is 6.03. The van der Waals surface area contributed by atoms with Gasteiger partial charge in [0.25, 0.3) is 0 Å². The summed E-state index contributed by atoms with van der Waals surface area (Å²) in [7, 11) is 0. The lowest BCUT2D eigenvalue weighted by molar-refractivity contribution is -0.0301. The van der Waals surface area contributed by atoms with Gasteiger partial charge in [-0.15, -0.1) is 0 Å². The highest BCUT2D eigenvalue weighted by atomic mass is 16.5. The Kier molecular flexibility index (Phi) is 6.45. The first kappa shape index (κ1) is 14.9. The predicted octanol–water partition coefficient (Wildman–Crippen LogP) is 2.25. The van der Waals surface area contributed by atoms with Crippen LogP contribution in [0.5, 0.6) is 0 Å². The number of ether oxygens (including phenoxy) is 1. The van der Waals surface area contributed by atoms with Gasteiger partial charge in [-0.3, -0.25) is 4.90 Å². The fraction of sp³-hybridized carbons (Fsp3) is 1.00. The van der Waals surface area contributed by atoms with Crippen LogP contribution in [-0.2, 0) is 4.74 Å². The van der Waals surface area contributed by atoms with Gasteiger partial charge in [0.1, 0.15) is 0 Å². The Hall–Kier alpha value is -0.120. The zero-order valence-electron chi connectivity index (χ0n) is 11.9. The number of nitrogens with two attached hydrogens (primary N) is 1. The third-order valence-corrected chi connectivity index (χ3v) is 3.81. The summed E-state index contributed by atoms with van der Waals surface area (Å²) in [6, 6.07) is 0. The summed E-state index contributed by atoms with van der Waals surface area (Å²) in [6.07, 6.45) is 5.42. The first-order chi connectivity index (χ1) is 8.07. The highest BCUT2D eigenvalue weighted by Gasteiger charge is 2.19. The van der Waals surface area contributed by atoms with Crippen LogP contribution in [0.15, 0.2) is 0 Å². The standard InChI is InChI=1S/C14H30N2O/c1-4-13-11-16(9-10-17-13)8-6-5-7-14(2,3)12-15/h13H,4-12,15H2,1-3H3. The molecule has 3 heteroatoms. The summed E-state index contributed by atoms with van der Waals surface area (Å²) in [4.78, 5) is 2.55. The zero-order valence-corrected chi connectivity index (χ0v) is 11.9. The number of hydrogen-bond acceptors (Lipinski definition) is 3. The average molecular weight is 242 g/mol. The molecule has 102 valence electrons.